The molecule has 1 unspecified atom stereocenters. The van der Waals surface area contributed by atoms with Crippen molar-refractivity contribution < 1.29 is 0 Å². The number of fused-ring (bicyclic) bond motifs is 10. The normalized spacial score (nSPS) is 14.3. The molecule has 0 spiro atoms. The standard InChI is InChI=1S/C88H60N6/c1-87(2)77-45-40-54(46-74(77)75-49-61-31-20-37-65(73(61)52-79(75)87)60-30-19-33-63(48-60)84-90-81(56-23-7-4-8-24-56)91-85(92-84)64-42-41-55-22-13-14-29-59(55)47-64)53-88(3)78-39-18-17-36-70(78)76-51-72-62(50-80(76)88)32-21-38-68(72)69-43-44-71(67-35-16-15-34-66(67)69)86-93-82(57-25-9-5-10-26-57)89-83(94-86)58-27-11-6-12-28-58/h4-52H,53H2,1-3H3. The van der Waals surface area contributed by atoms with E-state index >= 15 is 0 Å². The van der Waals surface area contributed by atoms with Crippen molar-refractivity contribution in [3.63, 3.8) is 0 Å². The molecule has 1 atom stereocenters. The Bertz CT molecular complexity index is 5700. The van der Waals surface area contributed by atoms with Crippen molar-refractivity contribution in [2.24, 2.45) is 0 Å². The summed E-state index contributed by atoms with van der Waals surface area (Å²) in [5, 5.41) is 9.42. The first-order chi connectivity index (χ1) is 46.2. The third kappa shape index (κ3) is 9.08. The van der Waals surface area contributed by atoms with E-state index in [2.05, 4.69) is 263 Å². The average Bonchev–Trinajstić information content (AvgIpc) is 1.54. The largest absolute Gasteiger partial charge is 0.208 e. The molecule has 442 valence electrons. The van der Waals surface area contributed by atoms with E-state index in [1.54, 1.807) is 0 Å². The van der Waals surface area contributed by atoms with Gasteiger partial charge < -0.3 is 0 Å². The number of aromatic nitrogens is 6. The summed E-state index contributed by atoms with van der Waals surface area (Å²) in [7, 11) is 0. The molecule has 14 aromatic carbocycles. The Hall–Kier alpha value is -11.9. The molecule has 0 fully saturated rings. The van der Waals surface area contributed by atoms with Gasteiger partial charge in [0.25, 0.3) is 0 Å². The van der Waals surface area contributed by atoms with E-state index in [1.165, 1.54) is 93.7 Å². The van der Waals surface area contributed by atoms with Crippen LogP contribution in [0.4, 0.5) is 0 Å². The minimum Gasteiger partial charge on any atom is -0.208 e. The summed E-state index contributed by atoms with van der Waals surface area (Å²) in [5.74, 6) is 3.85. The molecule has 0 amide bonds. The Morgan fingerprint density at radius 1 is 0.223 bits per heavy atom. The van der Waals surface area contributed by atoms with Crippen LogP contribution in [-0.2, 0) is 17.3 Å². The van der Waals surface area contributed by atoms with Crippen molar-refractivity contribution in [1.82, 2.24) is 29.9 Å². The van der Waals surface area contributed by atoms with E-state index in [9.17, 15) is 0 Å². The summed E-state index contributed by atoms with van der Waals surface area (Å²) in [6.07, 6.45) is 0.845. The van der Waals surface area contributed by atoms with Crippen LogP contribution >= 0.6 is 0 Å². The molecule has 0 bridgehead atoms. The van der Waals surface area contributed by atoms with Crippen molar-refractivity contribution in [3.05, 3.63) is 325 Å². The molecule has 0 saturated heterocycles. The predicted molar refractivity (Wildman–Crippen MR) is 386 cm³/mol. The summed E-state index contributed by atoms with van der Waals surface area (Å²) in [4.78, 5) is 30.7. The highest BCUT2D eigenvalue weighted by molar-refractivity contribution is 6.11. The minimum absolute atomic E-state index is 0.229. The van der Waals surface area contributed by atoms with E-state index < -0.39 is 0 Å². The monoisotopic (exact) mass is 1200 g/mol. The summed E-state index contributed by atoms with van der Waals surface area (Å²) in [6, 6.07) is 107. The zero-order chi connectivity index (χ0) is 62.7. The van der Waals surface area contributed by atoms with E-state index in [4.69, 9.17) is 29.9 Å². The Kier molecular flexibility index (Phi) is 12.7. The molecule has 6 heteroatoms. The van der Waals surface area contributed by atoms with E-state index in [0.717, 1.165) is 61.5 Å². The van der Waals surface area contributed by atoms with Gasteiger partial charge in [-0.15, -0.1) is 0 Å². The highest BCUT2D eigenvalue weighted by Crippen LogP contribution is 2.55. The van der Waals surface area contributed by atoms with Crippen LogP contribution in [0.5, 0.6) is 0 Å². The van der Waals surface area contributed by atoms with Gasteiger partial charge in [0.05, 0.1) is 0 Å². The van der Waals surface area contributed by atoms with E-state index in [-0.39, 0.29) is 10.8 Å². The lowest BCUT2D eigenvalue weighted by molar-refractivity contribution is 0.583. The second-order valence-corrected chi connectivity index (χ2v) is 26.0. The third-order valence-electron chi connectivity index (χ3n) is 20.0. The second-order valence-electron chi connectivity index (χ2n) is 26.0. The van der Waals surface area contributed by atoms with Crippen LogP contribution in [-0.4, -0.2) is 29.9 Å². The van der Waals surface area contributed by atoms with Gasteiger partial charge in [0.1, 0.15) is 0 Å². The molecular weight excluding hydrogens is 1140 g/mol. The Morgan fingerprint density at radius 2 is 0.691 bits per heavy atom. The number of hydrogen-bond donors (Lipinski definition) is 0. The SMILES string of the molecule is CC1(C)c2ccc(CC3(C)c4ccccc4-c4cc5c(-c6ccc(-c7nc(-c8ccccc8)nc(-c8ccccc8)n7)c7ccccc67)cccc5cc43)cc2-c2cc3cccc(-c4cccc(-c5nc(-c6ccccc6)nc(-c6ccc7ccccc7c6)n5)c4)c3cc21. The summed E-state index contributed by atoms with van der Waals surface area (Å²) >= 11 is 0. The zero-order valence-electron chi connectivity index (χ0n) is 52.2. The van der Waals surface area contributed by atoms with Crippen molar-refractivity contribution >= 4 is 43.1 Å². The van der Waals surface area contributed by atoms with E-state index in [1.807, 2.05) is 54.6 Å². The topological polar surface area (TPSA) is 77.3 Å². The molecule has 0 N–H and O–H groups in total. The fourth-order valence-electron chi connectivity index (χ4n) is 15.3. The molecule has 94 heavy (non-hydrogen) atoms. The molecular formula is C88H60N6. The number of nitrogens with zero attached hydrogens (tertiary/aromatic N) is 6. The van der Waals surface area contributed by atoms with Gasteiger partial charge in [-0.3, -0.25) is 0 Å². The molecule has 18 rings (SSSR count). The van der Waals surface area contributed by atoms with Crippen LogP contribution in [0, 0.1) is 0 Å². The first-order valence-corrected chi connectivity index (χ1v) is 32.4. The minimum atomic E-state index is -0.299. The molecule has 0 aliphatic heterocycles. The molecule has 2 aromatic heterocycles. The zero-order valence-corrected chi connectivity index (χ0v) is 52.2. The Labute approximate surface area is 545 Å². The van der Waals surface area contributed by atoms with Gasteiger partial charge in [-0.05, 0) is 164 Å². The van der Waals surface area contributed by atoms with Gasteiger partial charge >= 0.3 is 0 Å². The number of rotatable bonds is 10. The summed E-state index contributed by atoms with van der Waals surface area (Å²) in [5.41, 5.74) is 21.7. The number of benzene rings is 14. The number of hydrogen-bond acceptors (Lipinski definition) is 6. The fraction of sp³-hybridized carbons (Fsp3) is 0.0682. The van der Waals surface area contributed by atoms with Gasteiger partial charge in [-0.2, -0.15) is 0 Å². The van der Waals surface area contributed by atoms with E-state index in [0.29, 0.717) is 34.9 Å². The lowest BCUT2D eigenvalue weighted by Gasteiger charge is -2.29. The maximum Gasteiger partial charge on any atom is 0.164 e. The van der Waals surface area contributed by atoms with Gasteiger partial charge in [-0.1, -0.05) is 276 Å². The summed E-state index contributed by atoms with van der Waals surface area (Å²) < 4.78 is 0. The van der Waals surface area contributed by atoms with Crippen molar-refractivity contribution in [1.29, 1.82) is 0 Å². The molecule has 2 heterocycles. The second kappa shape index (κ2) is 21.7. The fourth-order valence-corrected chi connectivity index (χ4v) is 15.3. The smallest absolute Gasteiger partial charge is 0.164 e. The van der Waals surface area contributed by atoms with Crippen LogP contribution in [0.1, 0.15) is 48.6 Å². The molecule has 2 aliphatic carbocycles. The van der Waals surface area contributed by atoms with Crippen LogP contribution < -0.4 is 0 Å². The maximum atomic E-state index is 5.19. The Morgan fingerprint density at radius 3 is 1.38 bits per heavy atom. The highest BCUT2D eigenvalue weighted by atomic mass is 15.0. The quantitative estimate of drug-likeness (QED) is 0.136. The van der Waals surface area contributed by atoms with Crippen molar-refractivity contribution in [3.8, 4) is 113 Å². The molecule has 0 radical (unpaired) electrons. The lowest BCUT2D eigenvalue weighted by Crippen LogP contribution is -2.24. The highest BCUT2D eigenvalue weighted by Gasteiger charge is 2.41. The van der Waals surface area contributed by atoms with Gasteiger partial charge in [-0.25, -0.2) is 29.9 Å². The third-order valence-corrected chi connectivity index (χ3v) is 20.0. The molecule has 6 nitrogen and oxygen atoms in total. The first-order valence-electron chi connectivity index (χ1n) is 32.4. The van der Waals surface area contributed by atoms with Crippen LogP contribution in [0.15, 0.2) is 297 Å². The van der Waals surface area contributed by atoms with Crippen molar-refractivity contribution in [2.45, 2.75) is 38.0 Å². The summed E-state index contributed by atoms with van der Waals surface area (Å²) in [6.45, 7) is 7.25. The first kappa shape index (κ1) is 55.0. The maximum absolute atomic E-state index is 5.19. The molecule has 2 aliphatic rings. The molecule has 16 aromatic rings. The van der Waals surface area contributed by atoms with Crippen LogP contribution in [0.3, 0.4) is 0 Å². The van der Waals surface area contributed by atoms with Crippen molar-refractivity contribution in [2.75, 3.05) is 0 Å². The predicted octanol–water partition coefficient (Wildman–Crippen LogP) is 21.8. The lowest BCUT2D eigenvalue weighted by atomic mass is 9.74. The molecule has 0 saturated carbocycles. The average molecular weight is 1200 g/mol. The van der Waals surface area contributed by atoms with Crippen LogP contribution in [0.2, 0.25) is 0 Å². The Balaban J connectivity index is 0.692. The van der Waals surface area contributed by atoms with Crippen LogP contribution in [0.25, 0.3) is 156 Å². The van der Waals surface area contributed by atoms with Gasteiger partial charge in [0, 0.05) is 44.2 Å². The van der Waals surface area contributed by atoms with Gasteiger partial charge in [0.2, 0.25) is 0 Å². The van der Waals surface area contributed by atoms with Gasteiger partial charge in [0.15, 0.2) is 34.9 Å².